The Morgan fingerprint density at radius 3 is 2.38 bits per heavy atom. The predicted octanol–water partition coefficient (Wildman–Crippen LogP) is 5.35. The minimum atomic E-state index is -0.459. The first kappa shape index (κ1) is 21.8. The largest absolute Gasteiger partial charge is 0.324 e. The minimum Gasteiger partial charge on any atom is -0.324 e. The number of halogens is 1. The number of nitrogens with one attached hydrogen (secondary N) is 2. The molecule has 2 N–H and O–H groups in total. The molecule has 1 aromatic heterocycles. The first-order valence-electron chi connectivity index (χ1n) is 10.5. The molecule has 1 atom stereocenters. The fraction of sp³-hybridized carbons (Fsp3) is 0.154. The molecular weight excluding hydrogens is 420 g/mol. The summed E-state index contributed by atoms with van der Waals surface area (Å²) in [6.07, 6.45) is 4.54. The van der Waals surface area contributed by atoms with Crippen molar-refractivity contribution in [3.8, 4) is 5.69 Å². The maximum Gasteiger partial charge on any atom is 0.246 e. The van der Waals surface area contributed by atoms with Gasteiger partial charge in [0.2, 0.25) is 5.91 Å². The second kappa shape index (κ2) is 10.3. The molecule has 0 saturated carbocycles. The number of benzene rings is 3. The first-order valence-corrected chi connectivity index (χ1v) is 10.9. The van der Waals surface area contributed by atoms with E-state index in [1.807, 2.05) is 96.6 Å². The van der Waals surface area contributed by atoms with E-state index in [2.05, 4.69) is 15.6 Å². The van der Waals surface area contributed by atoms with Crippen LogP contribution in [0.4, 0.5) is 5.69 Å². The van der Waals surface area contributed by atoms with Gasteiger partial charge in [0.05, 0.1) is 12.0 Å². The third kappa shape index (κ3) is 5.63. The molecule has 6 heteroatoms. The Balaban J connectivity index is 1.43. The van der Waals surface area contributed by atoms with Crippen molar-refractivity contribution < 1.29 is 4.79 Å². The number of carbonyl (C=O) groups is 1. The summed E-state index contributed by atoms with van der Waals surface area (Å²) in [5, 5.41) is 7.16. The van der Waals surface area contributed by atoms with Crippen molar-refractivity contribution in [2.45, 2.75) is 19.4 Å². The molecule has 0 aliphatic carbocycles. The molecule has 0 fully saturated rings. The molecule has 1 amide bonds. The maximum absolute atomic E-state index is 13.2. The lowest BCUT2D eigenvalue weighted by molar-refractivity contribution is -0.118. The number of nitrogens with zero attached hydrogens (tertiary/aromatic N) is 2. The Kier molecular flexibility index (Phi) is 7.00. The Bertz CT molecular complexity index is 1150. The molecular formula is C26H25ClN4O. The van der Waals surface area contributed by atoms with E-state index < -0.39 is 6.04 Å². The summed E-state index contributed by atoms with van der Waals surface area (Å²) in [5.41, 5.74) is 4.78. The van der Waals surface area contributed by atoms with Crippen LogP contribution in [0.25, 0.3) is 5.69 Å². The van der Waals surface area contributed by atoms with Crippen molar-refractivity contribution in [3.05, 3.63) is 113 Å². The molecule has 1 heterocycles. The first-order chi connectivity index (χ1) is 15.6. The Hall–Kier alpha value is -3.41. The summed E-state index contributed by atoms with van der Waals surface area (Å²) >= 11 is 5.97. The van der Waals surface area contributed by atoms with E-state index in [1.54, 1.807) is 6.33 Å². The number of anilines is 1. The average molecular weight is 445 g/mol. The number of aromatic nitrogens is 2. The average Bonchev–Trinajstić information content (AvgIpc) is 3.25. The van der Waals surface area contributed by atoms with Gasteiger partial charge in [-0.1, -0.05) is 54.1 Å². The second-order valence-electron chi connectivity index (χ2n) is 7.63. The zero-order valence-electron chi connectivity index (χ0n) is 17.8. The quantitative estimate of drug-likeness (QED) is 0.385. The number of hydrogen-bond donors (Lipinski definition) is 2. The molecule has 0 bridgehead atoms. The van der Waals surface area contributed by atoms with Gasteiger partial charge in [-0.2, -0.15) is 0 Å². The number of aryl methyl sites for hydroxylation is 1. The van der Waals surface area contributed by atoms with Crippen molar-refractivity contribution in [2.75, 3.05) is 11.9 Å². The van der Waals surface area contributed by atoms with E-state index in [9.17, 15) is 4.79 Å². The van der Waals surface area contributed by atoms with Gasteiger partial charge in [-0.15, -0.1) is 0 Å². The maximum atomic E-state index is 13.2. The number of imidazole rings is 1. The monoisotopic (exact) mass is 444 g/mol. The summed E-state index contributed by atoms with van der Waals surface area (Å²) in [5.74, 6) is -0.0986. The number of carbonyl (C=O) groups excluding carboxylic acids is 1. The van der Waals surface area contributed by atoms with Gasteiger partial charge in [0.1, 0.15) is 6.04 Å². The topological polar surface area (TPSA) is 59.0 Å². The van der Waals surface area contributed by atoms with Crippen LogP contribution >= 0.6 is 11.6 Å². The summed E-state index contributed by atoms with van der Waals surface area (Å²) in [4.78, 5) is 17.4. The zero-order chi connectivity index (χ0) is 22.3. The van der Waals surface area contributed by atoms with Crippen molar-refractivity contribution in [3.63, 3.8) is 0 Å². The van der Waals surface area contributed by atoms with Gasteiger partial charge >= 0.3 is 0 Å². The minimum absolute atomic E-state index is 0.0986. The van der Waals surface area contributed by atoms with E-state index in [0.29, 0.717) is 6.54 Å². The Morgan fingerprint density at radius 2 is 1.72 bits per heavy atom. The Morgan fingerprint density at radius 1 is 1.00 bits per heavy atom. The van der Waals surface area contributed by atoms with Gasteiger partial charge in [-0.3, -0.25) is 4.79 Å². The molecule has 4 aromatic rings. The van der Waals surface area contributed by atoms with E-state index in [1.165, 1.54) is 5.56 Å². The predicted molar refractivity (Wildman–Crippen MR) is 129 cm³/mol. The molecule has 0 unspecified atom stereocenters. The van der Waals surface area contributed by atoms with E-state index in [0.717, 1.165) is 34.1 Å². The molecule has 162 valence electrons. The number of rotatable bonds is 8. The van der Waals surface area contributed by atoms with Crippen molar-refractivity contribution in [1.29, 1.82) is 0 Å². The van der Waals surface area contributed by atoms with Crippen LogP contribution in [0.2, 0.25) is 5.02 Å². The number of hydrogen-bond acceptors (Lipinski definition) is 3. The zero-order valence-corrected chi connectivity index (χ0v) is 18.6. The molecule has 0 spiro atoms. The van der Waals surface area contributed by atoms with Gasteiger partial charge < -0.3 is 15.2 Å². The standard InChI is InChI=1S/C26H25ClN4O/c1-19-17-31(18-29-19)24-13-11-23(12-14-24)30-26(32)25(21-5-3-2-4-6-21)28-16-15-20-7-9-22(27)10-8-20/h2-14,17-18,25,28H,15-16H2,1H3,(H,30,32)/t25-/m1/s1. The van der Waals surface area contributed by atoms with Crippen molar-refractivity contribution in [2.24, 2.45) is 0 Å². The lowest BCUT2D eigenvalue weighted by Crippen LogP contribution is -2.34. The molecule has 0 aliphatic rings. The highest BCUT2D eigenvalue weighted by atomic mass is 35.5. The smallest absolute Gasteiger partial charge is 0.246 e. The molecule has 0 radical (unpaired) electrons. The summed E-state index contributed by atoms with van der Waals surface area (Å²) < 4.78 is 1.95. The third-order valence-electron chi connectivity index (χ3n) is 5.22. The van der Waals surface area contributed by atoms with Gasteiger partial charge in [-0.05, 0) is 60.9 Å². The van der Waals surface area contributed by atoms with Crippen LogP contribution in [0.15, 0.2) is 91.4 Å². The van der Waals surface area contributed by atoms with E-state index in [-0.39, 0.29) is 5.91 Å². The lowest BCUT2D eigenvalue weighted by Gasteiger charge is -2.19. The molecule has 5 nitrogen and oxygen atoms in total. The van der Waals surface area contributed by atoms with Crippen LogP contribution in [0.5, 0.6) is 0 Å². The summed E-state index contributed by atoms with van der Waals surface area (Å²) in [6, 6.07) is 24.8. The highest BCUT2D eigenvalue weighted by Gasteiger charge is 2.20. The Labute approximate surface area is 193 Å². The van der Waals surface area contributed by atoms with Gasteiger partial charge in [0, 0.05) is 29.1 Å². The third-order valence-corrected chi connectivity index (χ3v) is 5.47. The van der Waals surface area contributed by atoms with Crippen LogP contribution in [0, 0.1) is 6.92 Å². The highest BCUT2D eigenvalue weighted by Crippen LogP contribution is 2.18. The van der Waals surface area contributed by atoms with Crippen LogP contribution in [-0.2, 0) is 11.2 Å². The molecule has 0 aliphatic heterocycles. The highest BCUT2D eigenvalue weighted by molar-refractivity contribution is 6.30. The summed E-state index contributed by atoms with van der Waals surface area (Å²) in [7, 11) is 0. The molecule has 32 heavy (non-hydrogen) atoms. The van der Waals surface area contributed by atoms with Gasteiger partial charge in [0.25, 0.3) is 0 Å². The van der Waals surface area contributed by atoms with Crippen molar-refractivity contribution in [1.82, 2.24) is 14.9 Å². The van der Waals surface area contributed by atoms with Crippen LogP contribution in [0.3, 0.4) is 0 Å². The second-order valence-corrected chi connectivity index (χ2v) is 8.07. The van der Waals surface area contributed by atoms with Gasteiger partial charge in [0.15, 0.2) is 0 Å². The van der Waals surface area contributed by atoms with E-state index in [4.69, 9.17) is 11.6 Å². The van der Waals surface area contributed by atoms with Crippen LogP contribution in [0.1, 0.15) is 22.9 Å². The summed E-state index contributed by atoms with van der Waals surface area (Å²) in [6.45, 7) is 2.61. The molecule has 3 aromatic carbocycles. The van der Waals surface area contributed by atoms with E-state index >= 15 is 0 Å². The fourth-order valence-electron chi connectivity index (χ4n) is 3.51. The molecule has 0 saturated heterocycles. The van der Waals surface area contributed by atoms with Crippen molar-refractivity contribution >= 4 is 23.2 Å². The van der Waals surface area contributed by atoms with Gasteiger partial charge in [-0.25, -0.2) is 4.98 Å². The normalized spacial score (nSPS) is 11.8. The van der Waals surface area contributed by atoms with Crippen LogP contribution in [-0.4, -0.2) is 22.0 Å². The SMILES string of the molecule is Cc1cn(-c2ccc(NC(=O)[C@H](NCCc3ccc(Cl)cc3)c3ccccc3)cc2)cn1. The lowest BCUT2D eigenvalue weighted by atomic mass is 10.1. The van der Waals surface area contributed by atoms with Crippen LogP contribution < -0.4 is 10.6 Å². The number of amides is 1. The fourth-order valence-corrected chi connectivity index (χ4v) is 3.64. The molecule has 4 rings (SSSR count).